The highest BCUT2D eigenvalue weighted by molar-refractivity contribution is 6.00. The number of likely N-dealkylation sites (tertiary alicyclic amines) is 1. The number of nitrogens with two attached hydrogens (primary N) is 1. The standard InChI is InChI=1S/C35H37N7O3/c1-19-23-8-12-27(19)42(18-23)35(44)24-14-26-31(29(16-24)45-3)40(2)34(38-26)28-15-22-9-13-30(39-33(22)41(28)17-20-4-5-20)37-25-10-6-21(7-11-25)32(36)43/h6-7,9-11,13-16,19-20,23,27H,4-5,8,12,17-18H2,1-3H3,(H2,36,43)(H,37,39)/t19-,23?,27?/m1/s1. The van der Waals surface area contributed by atoms with E-state index in [1.807, 2.05) is 37.4 Å². The summed E-state index contributed by atoms with van der Waals surface area (Å²) in [6, 6.07) is 17.3. The van der Waals surface area contributed by atoms with Crippen LogP contribution in [0.15, 0.2) is 54.6 Å². The van der Waals surface area contributed by atoms with Crippen LogP contribution in [-0.2, 0) is 13.6 Å². The number of aryl methyl sites for hydroxylation is 1. The number of benzene rings is 2. The molecular weight excluding hydrogens is 566 g/mol. The van der Waals surface area contributed by atoms with E-state index in [1.54, 1.807) is 19.2 Å². The zero-order chi connectivity index (χ0) is 31.0. The van der Waals surface area contributed by atoms with Gasteiger partial charge in [-0.15, -0.1) is 0 Å². The molecule has 2 aliphatic carbocycles. The number of amides is 2. The van der Waals surface area contributed by atoms with Gasteiger partial charge in [-0.05, 0) is 98.0 Å². The number of piperidine rings is 1. The number of carbonyl (C=O) groups excluding carboxylic acids is 2. The van der Waals surface area contributed by atoms with Crippen molar-refractivity contribution < 1.29 is 14.3 Å². The van der Waals surface area contributed by atoms with Gasteiger partial charge in [-0.3, -0.25) is 9.59 Å². The summed E-state index contributed by atoms with van der Waals surface area (Å²) in [5.74, 6) is 3.52. The fraction of sp³-hybridized carbons (Fsp3) is 0.371. The fourth-order valence-corrected chi connectivity index (χ4v) is 7.52. The van der Waals surface area contributed by atoms with Crippen molar-refractivity contribution in [1.29, 1.82) is 0 Å². The maximum Gasteiger partial charge on any atom is 0.254 e. The Morgan fingerprint density at radius 2 is 1.80 bits per heavy atom. The van der Waals surface area contributed by atoms with Gasteiger partial charge in [0.15, 0.2) is 5.82 Å². The number of nitrogens with zero attached hydrogens (tertiary/aromatic N) is 5. The SMILES string of the molecule is COc1cc(C(=O)N2CC3CCC2[C@@H]3C)cc2nc(-c3cc4ccc(Nc5ccc(C(N)=O)cc5)nc4n3CC3CC3)n(C)c12. The summed E-state index contributed by atoms with van der Waals surface area (Å²) in [4.78, 5) is 37.5. The van der Waals surface area contributed by atoms with Crippen LogP contribution in [0.3, 0.4) is 0 Å². The van der Waals surface area contributed by atoms with Crippen molar-refractivity contribution >= 4 is 45.4 Å². The molecule has 5 aromatic rings. The van der Waals surface area contributed by atoms with Crippen molar-refractivity contribution in [3.63, 3.8) is 0 Å². The van der Waals surface area contributed by atoms with Gasteiger partial charge < -0.3 is 29.8 Å². The number of nitrogens with one attached hydrogen (secondary N) is 1. The number of carbonyl (C=O) groups is 2. The number of rotatable bonds is 8. The predicted molar refractivity (Wildman–Crippen MR) is 174 cm³/mol. The van der Waals surface area contributed by atoms with E-state index >= 15 is 0 Å². The second kappa shape index (κ2) is 10.4. The van der Waals surface area contributed by atoms with Gasteiger partial charge in [-0.2, -0.15) is 0 Å². The predicted octanol–water partition coefficient (Wildman–Crippen LogP) is 5.72. The Kier molecular flexibility index (Phi) is 6.37. The number of methoxy groups -OCH3 is 1. The van der Waals surface area contributed by atoms with Crippen LogP contribution in [-0.4, -0.2) is 55.5 Å². The number of fused-ring (bicyclic) bond motifs is 4. The van der Waals surface area contributed by atoms with Crippen molar-refractivity contribution in [3.8, 4) is 17.3 Å². The highest BCUT2D eigenvalue weighted by Crippen LogP contribution is 2.44. The van der Waals surface area contributed by atoms with E-state index in [-0.39, 0.29) is 5.91 Å². The monoisotopic (exact) mass is 603 g/mol. The highest BCUT2D eigenvalue weighted by Gasteiger charge is 2.46. The molecule has 2 unspecified atom stereocenters. The molecule has 2 saturated carbocycles. The van der Waals surface area contributed by atoms with Gasteiger partial charge in [-0.1, -0.05) is 6.92 Å². The van der Waals surface area contributed by atoms with E-state index in [1.165, 1.54) is 19.3 Å². The van der Waals surface area contributed by atoms with Crippen LogP contribution in [0, 0.1) is 17.8 Å². The Hall–Kier alpha value is -4.86. The molecule has 230 valence electrons. The molecule has 1 saturated heterocycles. The fourth-order valence-electron chi connectivity index (χ4n) is 7.52. The van der Waals surface area contributed by atoms with E-state index in [2.05, 4.69) is 38.4 Å². The van der Waals surface area contributed by atoms with Crippen LogP contribution in [0.2, 0.25) is 0 Å². The van der Waals surface area contributed by atoms with E-state index < -0.39 is 5.91 Å². The molecule has 3 N–H and O–H groups in total. The second-order valence-corrected chi connectivity index (χ2v) is 13.0. The second-order valence-electron chi connectivity index (χ2n) is 13.0. The number of imidazole rings is 1. The molecule has 1 aliphatic heterocycles. The first-order valence-electron chi connectivity index (χ1n) is 15.8. The molecule has 0 radical (unpaired) electrons. The molecule has 10 nitrogen and oxygen atoms in total. The lowest BCUT2D eigenvalue weighted by molar-refractivity contribution is 0.0695. The summed E-state index contributed by atoms with van der Waals surface area (Å²) in [6.07, 6.45) is 4.69. The van der Waals surface area contributed by atoms with E-state index in [9.17, 15) is 9.59 Å². The zero-order valence-electron chi connectivity index (χ0n) is 25.8. The van der Waals surface area contributed by atoms with Gasteiger partial charge in [-0.25, -0.2) is 9.97 Å². The lowest BCUT2D eigenvalue weighted by Crippen LogP contribution is -2.38. The minimum atomic E-state index is -0.457. The summed E-state index contributed by atoms with van der Waals surface area (Å²) >= 11 is 0. The van der Waals surface area contributed by atoms with E-state index in [0.29, 0.717) is 46.5 Å². The Balaban J connectivity index is 1.18. The number of anilines is 2. The van der Waals surface area contributed by atoms with Crippen LogP contribution in [0.25, 0.3) is 33.6 Å². The van der Waals surface area contributed by atoms with Crippen molar-refractivity contribution in [1.82, 2.24) is 24.0 Å². The summed E-state index contributed by atoms with van der Waals surface area (Å²) in [6.45, 7) is 3.96. The third kappa shape index (κ3) is 4.62. The van der Waals surface area contributed by atoms with Gasteiger partial charge in [0.05, 0.1) is 18.3 Å². The zero-order valence-corrected chi connectivity index (χ0v) is 25.8. The van der Waals surface area contributed by atoms with Crippen LogP contribution in [0.4, 0.5) is 11.5 Å². The van der Waals surface area contributed by atoms with Gasteiger partial charge in [0.25, 0.3) is 5.91 Å². The Morgan fingerprint density at radius 1 is 1.00 bits per heavy atom. The summed E-state index contributed by atoms with van der Waals surface area (Å²) in [5.41, 5.74) is 10.8. The molecule has 45 heavy (non-hydrogen) atoms. The number of hydrogen-bond acceptors (Lipinski definition) is 6. The van der Waals surface area contributed by atoms with Crippen LogP contribution in [0.1, 0.15) is 53.3 Å². The molecule has 3 aromatic heterocycles. The van der Waals surface area contributed by atoms with Crippen LogP contribution >= 0.6 is 0 Å². The third-order valence-corrected chi connectivity index (χ3v) is 10.2. The first kappa shape index (κ1) is 27.7. The molecule has 3 atom stereocenters. The number of ether oxygens (including phenoxy) is 1. The van der Waals surface area contributed by atoms with Crippen molar-refractivity contribution in [2.45, 2.75) is 45.2 Å². The minimum absolute atomic E-state index is 0.0674. The summed E-state index contributed by atoms with van der Waals surface area (Å²) in [7, 11) is 3.66. The highest BCUT2D eigenvalue weighted by atomic mass is 16.5. The normalized spacial score (nSPS) is 20.8. The average Bonchev–Trinajstić information content (AvgIpc) is 3.45. The van der Waals surface area contributed by atoms with Gasteiger partial charge in [0.1, 0.15) is 22.7 Å². The molecule has 2 aromatic carbocycles. The molecule has 2 amide bonds. The van der Waals surface area contributed by atoms with Gasteiger partial charge in [0, 0.05) is 48.4 Å². The average molecular weight is 604 g/mol. The lowest BCUT2D eigenvalue weighted by Gasteiger charge is -2.27. The Bertz CT molecular complexity index is 1990. The maximum absolute atomic E-state index is 13.8. The summed E-state index contributed by atoms with van der Waals surface area (Å²) in [5, 5.41) is 4.38. The van der Waals surface area contributed by atoms with Crippen molar-refractivity contribution in [2.24, 2.45) is 30.5 Å². The quantitative estimate of drug-likeness (QED) is 0.234. The molecule has 2 bridgehead atoms. The first-order chi connectivity index (χ1) is 21.8. The Morgan fingerprint density at radius 3 is 2.47 bits per heavy atom. The summed E-state index contributed by atoms with van der Waals surface area (Å²) < 4.78 is 10.2. The van der Waals surface area contributed by atoms with Crippen molar-refractivity contribution in [3.05, 3.63) is 65.7 Å². The molecule has 0 spiro atoms. The smallest absolute Gasteiger partial charge is 0.254 e. The van der Waals surface area contributed by atoms with Crippen LogP contribution < -0.4 is 15.8 Å². The topological polar surface area (TPSA) is 120 Å². The van der Waals surface area contributed by atoms with Crippen LogP contribution in [0.5, 0.6) is 5.75 Å². The number of pyridine rings is 1. The molecular formula is C35H37N7O3. The molecule has 3 aliphatic rings. The minimum Gasteiger partial charge on any atom is -0.494 e. The van der Waals surface area contributed by atoms with Crippen molar-refractivity contribution in [2.75, 3.05) is 19.0 Å². The maximum atomic E-state index is 13.8. The molecule has 8 rings (SSSR count). The molecule has 10 heteroatoms. The van der Waals surface area contributed by atoms with Gasteiger partial charge >= 0.3 is 0 Å². The molecule has 3 fully saturated rings. The third-order valence-electron chi connectivity index (χ3n) is 10.2. The van der Waals surface area contributed by atoms with E-state index in [4.69, 9.17) is 20.4 Å². The molecule has 4 heterocycles. The van der Waals surface area contributed by atoms with Gasteiger partial charge in [0.2, 0.25) is 5.91 Å². The first-order valence-corrected chi connectivity index (χ1v) is 15.8. The van der Waals surface area contributed by atoms with E-state index in [0.717, 1.165) is 58.8 Å². The lowest BCUT2D eigenvalue weighted by atomic mass is 10.0. The largest absolute Gasteiger partial charge is 0.494 e. The number of hydrogen-bond donors (Lipinski definition) is 2. The number of aromatic nitrogens is 4. The Labute approximate surface area is 261 Å². The number of primary amides is 1.